The third kappa shape index (κ3) is 4.27. The molecule has 0 aliphatic rings. The summed E-state index contributed by atoms with van der Waals surface area (Å²) in [5.41, 5.74) is 0.786. The molecule has 3 rings (SSSR count). The van der Waals surface area contributed by atoms with Gasteiger partial charge in [0.15, 0.2) is 5.65 Å². The highest BCUT2D eigenvalue weighted by Gasteiger charge is 2.37. The van der Waals surface area contributed by atoms with Crippen LogP contribution in [0.4, 0.5) is 23.7 Å². The van der Waals surface area contributed by atoms with E-state index < -0.39 is 18.0 Å². The van der Waals surface area contributed by atoms with Gasteiger partial charge in [0.25, 0.3) is 0 Å². The summed E-state index contributed by atoms with van der Waals surface area (Å²) in [7, 11) is 1.53. The maximum absolute atomic E-state index is 13.2. The summed E-state index contributed by atoms with van der Waals surface area (Å²) in [6.45, 7) is -0.161. The molecule has 0 saturated carbocycles. The zero-order valence-electron chi connectivity index (χ0n) is 14.2. The van der Waals surface area contributed by atoms with Crippen molar-refractivity contribution in [3.63, 3.8) is 0 Å². The molecule has 0 saturated heterocycles. The van der Waals surface area contributed by atoms with Crippen LogP contribution in [0.25, 0.3) is 11.2 Å². The van der Waals surface area contributed by atoms with Gasteiger partial charge in [-0.25, -0.2) is 14.8 Å². The van der Waals surface area contributed by atoms with Crippen LogP contribution in [-0.2, 0) is 12.7 Å². The second kappa shape index (κ2) is 7.52. The highest BCUT2D eigenvalue weighted by atomic mass is 19.4. The van der Waals surface area contributed by atoms with Gasteiger partial charge in [-0.05, 0) is 36.4 Å². The molecule has 0 spiro atoms. The lowest BCUT2D eigenvalue weighted by molar-refractivity contribution is -0.146. The van der Waals surface area contributed by atoms with Crippen LogP contribution >= 0.6 is 0 Å². The molecule has 7 nitrogen and oxygen atoms in total. The number of halogens is 3. The van der Waals surface area contributed by atoms with Crippen LogP contribution in [0.5, 0.6) is 5.75 Å². The van der Waals surface area contributed by atoms with Crippen LogP contribution in [0.1, 0.15) is 5.82 Å². The Morgan fingerprint density at radius 1 is 1.22 bits per heavy atom. The second-order valence-corrected chi connectivity index (χ2v) is 5.54. The van der Waals surface area contributed by atoms with Gasteiger partial charge in [-0.2, -0.15) is 13.2 Å². The number of alkyl halides is 3. The first-order valence-corrected chi connectivity index (χ1v) is 7.96. The van der Waals surface area contributed by atoms with Gasteiger partial charge in [0.1, 0.15) is 11.3 Å². The van der Waals surface area contributed by atoms with Gasteiger partial charge >= 0.3 is 12.2 Å². The SMILES string of the molecule is COc1ccc(NC(=O)NCCn2c(C(F)(F)F)nc3cccnc32)cc1. The van der Waals surface area contributed by atoms with Crippen molar-refractivity contribution >= 4 is 22.9 Å². The van der Waals surface area contributed by atoms with E-state index in [-0.39, 0.29) is 24.3 Å². The Balaban J connectivity index is 1.65. The van der Waals surface area contributed by atoms with E-state index in [9.17, 15) is 18.0 Å². The molecular formula is C17H16F3N5O2. The number of carbonyl (C=O) groups excluding carboxylic acids is 1. The predicted octanol–water partition coefficient (Wildman–Crippen LogP) is 3.28. The molecule has 2 aromatic heterocycles. The van der Waals surface area contributed by atoms with Gasteiger partial charge in [0, 0.05) is 25.0 Å². The minimum absolute atomic E-state index is 0.0346. The van der Waals surface area contributed by atoms with Crippen LogP contribution in [-0.4, -0.2) is 34.2 Å². The van der Waals surface area contributed by atoms with Crippen molar-refractivity contribution in [1.82, 2.24) is 19.9 Å². The lowest BCUT2D eigenvalue weighted by Gasteiger charge is -2.12. The molecule has 2 N–H and O–H groups in total. The summed E-state index contributed by atoms with van der Waals surface area (Å²) in [4.78, 5) is 19.5. The number of anilines is 1. The molecule has 0 bridgehead atoms. The number of ether oxygens (including phenoxy) is 1. The van der Waals surface area contributed by atoms with Crippen LogP contribution < -0.4 is 15.4 Å². The van der Waals surface area contributed by atoms with Gasteiger partial charge < -0.3 is 19.9 Å². The minimum atomic E-state index is -4.62. The molecule has 142 valence electrons. The van der Waals surface area contributed by atoms with E-state index in [4.69, 9.17) is 4.74 Å². The van der Waals surface area contributed by atoms with Crippen molar-refractivity contribution in [2.75, 3.05) is 19.0 Å². The molecule has 10 heteroatoms. The summed E-state index contributed by atoms with van der Waals surface area (Å²) in [6.07, 6.45) is -3.23. The molecule has 0 aliphatic carbocycles. The zero-order chi connectivity index (χ0) is 19.4. The van der Waals surface area contributed by atoms with E-state index >= 15 is 0 Å². The Hall–Kier alpha value is -3.30. The number of amides is 2. The van der Waals surface area contributed by atoms with Crippen molar-refractivity contribution < 1.29 is 22.7 Å². The number of rotatable bonds is 5. The lowest BCUT2D eigenvalue weighted by atomic mass is 10.3. The highest BCUT2D eigenvalue weighted by Crippen LogP contribution is 2.30. The number of pyridine rings is 1. The van der Waals surface area contributed by atoms with Crippen molar-refractivity contribution in [2.24, 2.45) is 0 Å². The largest absolute Gasteiger partial charge is 0.497 e. The fourth-order valence-corrected chi connectivity index (χ4v) is 2.52. The number of imidazole rings is 1. The van der Waals surface area contributed by atoms with Crippen LogP contribution in [0, 0.1) is 0 Å². The van der Waals surface area contributed by atoms with Crippen molar-refractivity contribution in [3.8, 4) is 5.75 Å². The fourth-order valence-electron chi connectivity index (χ4n) is 2.52. The van der Waals surface area contributed by atoms with Crippen LogP contribution in [0.2, 0.25) is 0 Å². The van der Waals surface area contributed by atoms with E-state index in [1.165, 1.54) is 25.4 Å². The molecule has 0 fully saturated rings. The fraction of sp³-hybridized carbons (Fsp3) is 0.235. The number of hydrogen-bond acceptors (Lipinski definition) is 4. The first kappa shape index (κ1) is 18.5. The van der Waals surface area contributed by atoms with Gasteiger partial charge in [0.05, 0.1) is 7.11 Å². The number of aromatic nitrogens is 3. The molecule has 0 radical (unpaired) electrons. The predicted molar refractivity (Wildman–Crippen MR) is 92.5 cm³/mol. The first-order valence-electron chi connectivity index (χ1n) is 7.96. The molecule has 0 unspecified atom stereocenters. The Labute approximate surface area is 152 Å². The van der Waals surface area contributed by atoms with Gasteiger partial charge in [-0.15, -0.1) is 0 Å². The molecule has 3 aromatic rings. The quantitative estimate of drug-likeness (QED) is 0.713. The third-order valence-corrected chi connectivity index (χ3v) is 3.73. The Kier molecular flexibility index (Phi) is 5.15. The van der Waals surface area contributed by atoms with E-state index in [2.05, 4.69) is 20.6 Å². The van der Waals surface area contributed by atoms with Crippen LogP contribution in [0.15, 0.2) is 42.6 Å². The van der Waals surface area contributed by atoms with E-state index in [1.54, 1.807) is 24.3 Å². The van der Waals surface area contributed by atoms with E-state index in [0.717, 1.165) is 4.57 Å². The van der Waals surface area contributed by atoms with Crippen molar-refractivity contribution in [1.29, 1.82) is 0 Å². The van der Waals surface area contributed by atoms with Gasteiger partial charge in [0.2, 0.25) is 5.82 Å². The Morgan fingerprint density at radius 2 is 1.96 bits per heavy atom. The number of urea groups is 1. The summed E-state index contributed by atoms with van der Waals surface area (Å²) < 4.78 is 45.6. The molecule has 0 aliphatic heterocycles. The van der Waals surface area contributed by atoms with Crippen LogP contribution in [0.3, 0.4) is 0 Å². The average Bonchev–Trinajstić information content (AvgIpc) is 3.02. The van der Waals surface area contributed by atoms with E-state index in [0.29, 0.717) is 11.4 Å². The first-order chi connectivity index (χ1) is 12.9. The number of nitrogens with one attached hydrogen (secondary N) is 2. The molecule has 2 amide bonds. The summed E-state index contributed by atoms with van der Waals surface area (Å²) in [5, 5.41) is 5.10. The third-order valence-electron chi connectivity index (χ3n) is 3.73. The molecule has 2 heterocycles. The summed E-state index contributed by atoms with van der Waals surface area (Å²) >= 11 is 0. The molecule has 27 heavy (non-hydrogen) atoms. The maximum Gasteiger partial charge on any atom is 0.449 e. The monoisotopic (exact) mass is 379 g/mol. The van der Waals surface area contributed by atoms with Gasteiger partial charge in [-0.3, -0.25) is 0 Å². The Morgan fingerprint density at radius 3 is 2.63 bits per heavy atom. The second-order valence-electron chi connectivity index (χ2n) is 5.54. The maximum atomic E-state index is 13.2. The normalized spacial score (nSPS) is 11.4. The standard InChI is InChI=1S/C17H16F3N5O2/c1-27-12-6-4-11(5-7-12)23-16(26)22-9-10-25-14-13(3-2-8-21-14)24-15(25)17(18,19)20/h2-8H,9-10H2,1H3,(H2,22,23,26). The number of benzene rings is 1. The lowest BCUT2D eigenvalue weighted by Crippen LogP contribution is -2.32. The number of methoxy groups -OCH3 is 1. The van der Waals surface area contributed by atoms with Gasteiger partial charge in [-0.1, -0.05) is 0 Å². The highest BCUT2D eigenvalue weighted by molar-refractivity contribution is 5.89. The summed E-state index contributed by atoms with van der Waals surface area (Å²) in [6, 6.07) is 9.08. The smallest absolute Gasteiger partial charge is 0.449 e. The van der Waals surface area contributed by atoms with Crippen molar-refractivity contribution in [2.45, 2.75) is 12.7 Å². The molecule has 0 atom stereocenters. The topological polar surface area (TPSA) is 81.1 Å². The zero-order valence-corrected chi connectivity index (χ0v) is 14.2. The average molecular weight is 379 g/mol. The number of nitrogens with zero attached hydrogens (tertiary/aromatic N) is 3. The Bertz CT molecular complexity index is 938. The molecular weight excluding hydrogens is 363 g/mol. The van der Waals surface area contributed by atoms with E-state index in [1.807, 2.05) is 0 Å². The number of carbonyl (C=O) groups is 1. The number of hydrogen-bond donors (Lipinski definition) is 2. The van der Waals surface area contributed by atoms with Crippen molar-refractivity contribution in [3.05, 3.63) is 48.4 Å². The number of fused-ring (bicyclic) bond motifs is 1. The summed E-state index contributed by atoms with van der Waals surface area (Å²) in [5.74, 6) is -0.409. The molecule has 1 aromatic carbocycles. The minimum Gasteiger partial charge on any atom is -0.497 e.